The second kappa shape index (κ2) is 9.17. The number of rotatable bonds is 5. The molecule has 1 saturated heterocycles. The average molecular weight is 549 g/mol. The maximum atomic E-state index is 6.56. The lowest BCUT2D eigenvalue weighted by atomic mass is 9.86. The zero-order chi connectivity index (χ0) is 29.4. The molecule has 1 fully saturated rings. The molecule has 41 heavy (non-hydrogen) atoms. The predicted molar refractivity (Wildman–Crippen MR) is 169 cm³/mol. The Hall–Kier alpha value is -3.67. The van der Waals surface area contributed by atoms with Gasteiger partial charge < -0.3 is 14.0 Å². The summed E-state index contributed by atoms with van der Waals surface area (Å²) < 4.78 is 14.3. The zero-order valence-electron chi connectivity index (χ0n) is 25.9. The van der Waals surface area contributed by atoms with E-state index >= 15 is 0 Å². The molecule has 7 rings (SSSR count). The van der Waals surface area contributed by atoms with Crippen molar-refractivity contribution in [2.24, 2.45) is 0 Å². The summed E-state index contributed by atoms with van der Waals surface area (Å²) in [5.74, 6) is 2.83. The molecule has 0 N–H and O–H groups in total. The monoisotopic (exact) mass is 548 g/mol. The van der Waals surface area contributed by atoms with Crippen molar-refractivity contribution in [2.45, 2.75) is 66.2 Å². The molecule has 3 aliphatic rings. The van der Waals surface area contributed by atoms with Crippen molar-refractivity contribution in [1.82, 2.24) is 14.0 Å². The van der Waals surface area contributed by atoms with Crippen molar-refractivity contribution in [1.29, 1.82) is 0 Å². The maximum Gasteiger partial charge on any atom is 0.219 e. The van der Waals surface area contributed by atoms with E-state index in [0.29, 0.717) is 11.6 Å². The lowest BCUT2D eigenvalue weighted by molar-refractivity contribution is 0.157. The first-order chi connectivity index (χ1) is 19.2. The highest BCUT2D eigenvalue weighted by Crippen LogP contribution is 2.61. The van der Waals surface area contributed by atoms with Crippen molar-refractivity contribution < 1.29 is 9.47 Å². The number of ether oxygens (including phenoxy) is 2. The van der Waals surface area contributed by atoms with Crippen LogP contribution in [0.4, 0.5) is 17.1 Å². The quantitative estimate of drug-likeness (QED) is 0.184. The number of aryl methyl sites for hydroxylation is 2. The molecule has 1 aromatic heterocycles. The molecule has 3 aromatic carbocycles. The highest BCUT2D eigenvalue weighted by molar-refractivity contribution is 5.85. The van der Waals surface area contributed by atoms with Crippen molar-refractivity contribution in [3.05, 3.63) is 102 Å². The molecule has 0 saturated carbocycles. The second-order valence-corrected chi connectivity index (χ2v) is 14.1. The standard InChI is InChI=1S/C36H42N3O2/c1-24-15-32-33(16-25(24)2)39(22-38(32,9)23-39)28-17-27(36(6,7)8)18-31(20-28)40-29-11-10-12-30(21-29)41-34-19-26(13-14-37-34)35(3,4)5/h10-22H,23H2,1-9H3/q+1/t38-,39+/m0/s1. The molecule has 2 atom stereocenters. The molecule has 0 spiro atoms. The third-order valence-electron chi connectivity index (χ3n) is 8.62. The molecule has 5 heteroatoms. The van der Waals surface area contributed by atoms with E-state index in [1.807, 2.05) is 36.4 Å². The van der Waals surface area contributed by atoms with Crippen LogP contribution < -0.4 is 18.4 Å². The Balaban J connectivity index is 1.34. The van der Waals surface area contributed by atoms with Gasteiger partial charge in [0.2, 0.25) is 5.88 Å². The summed E-state index contributed by atoms with van der Waals surface area (Å²) in [5.41, 5.74) is 9.09. The van der Waals surface area contributed by atoms with Crippen LogP contribution in [0, 0.1) is 20.5 Å². The molecule has 3 aliphatic heterocycles. The van der Waals surface area contributed by atoms with Crippen LogP contribution in [0.5, 0.6) is 23.1 Å². The maximum absolute atomic E-state index is 6.56. The van der Waals surface area contributed by atoms with Crippen LogP contribution >= 0.6 is 0 Å². The van der Waals surface area contributed by atoms with Crippen LogP contribution in [0.3, 0.4) is 0 Å². The summed E-state index contributed by atoms with van der Waals surface area (Å²) in [6.45, 7) is 21.2. The van der Waals surface area contributed by atoms with Crippen molar-refractivity contribution >= 4 is 17.1 Å². The molecule has 4 aromatic rings. The van der Waals surface area contributed by atoms with Gasteiger partial charge in [0.25, 0.3) is 0 Å². The summed E-state index contributed by atoms with van der Waals surface area (Å²) in [6.07, 6.45) is 1.80. The van der Waals surface area contributed by atoms with Gasteiger partial charge in [-0.3, -0.25) is 4.48 Å². The number of hydrogen-bond acceptors (Lipinski definition) is 3. The van der Waals surface area contributed by atoms with Crippen LogP contribution in [0.1, 0.15) is 63.8 Å². The molecule has 4 heterocycles. The Kier molecular flexibility index (Phi) is 6.15. The zero-order valence-corrected chi connectivity index (χ0v) is 25.9. The summed E-state index contributed by atoms with van der Waals surface area (Å²) in [6, 6.07) is 23.4. The minimum atomic E-state index is -0.0318. The Morgan fingerprint density at radius 3 is 2.00 bits per heavy atom. The number of quaternary nitrogens is 2. The van der Waals surface area contributed by atoms with Crippen molar-refractivity contribution in [3.63, 3.8) is 0 Å². The first-order valence-electron chi connectivity index (χ1n) is 14.5. The van der Waals surface area contributed by atoms with E-state index in [1.54, 1.807) is 6.20 Å². The summed E-state index contributed by atoms with van der Waals surface area (Å²) >= 11 is 0. The third kappa shape index (κ3) is 4.81. The topological polar surface area (TPSA) is 31.4 Å². The van der Waals surface area contributed by atoms with Crippen LogP contribution in [-0.4, -0.2) is 18.7 Å². The van der Waals surface area contributed by atoms with Gasteiger partial charge in [0, 0.05) is 42.6 Å². The molecule has 0 amide bonds. The molecule has 212 valence electrons. The smallest absolute Gasteiger partial charge is 0.219 e. The fraction of sp³-hybridized carbons (Fsp3) is 0.333. The van der Waals surface area contributed by atoms with Gasteiger partial charge >= 0.3 is 0 Å². The number of hydrogen-bond donors (Lipinski definition) is 0. The van der Waals surface area contributed by atoms with E-state index in [1.165, 1.54) is 39.3 Å². The Labute approximate surface area is 245 Å². The largest absolute Gasteiger partial charge is 0.457 e. The SMILES string of the molecule is Cc1cc2c(cc1C)[N@@+]1(C)[CH-][N@+]2(c2cc(Oc3cccc(Oc4cc(C(C)(C)C)ccn4)c3)cc(C(C)(C)C)c2)C1. The van der Waals surface area contributed by atoms with Crippen LogP contribution in [0.25, 0.3) is 0 Å². The van der Waals surface area contributed by atoms with Gasteiger partial charge in [0.15, 0.2) is 18.0 Å². The Bertz CT molecular complexity index is 1650. The van der Waals surface area contributed by atoms with E-state index in [-0.39, 0.29) is 10.8 Å². The second-order valence-electron chi connectivity index (χ2n) is 14.1. The molecule has 0 unspecified atom stereocenters. The normalized spacial score (nSPS) is 21.3. The molecule has 2 bridgehead atoms. The van der Waals surface area contributed by atoms with Crippen molar-refractivity contribution in [2.75, 3.05) is 13.7 Å². The minimum absolute atomic E-state index is 0.0192. The van der Waals surface area contributed by atoms with Gasteiger partial charge in [-0.15, -0.1) is 0 Å². The fourth-order valence-corrected chi connectivity index (χ4v) is 6.05. The minimum Gasteiger partial charge on any atom is -0.457 e. The average Bonchev–Trinajstić information content (AvgIpc) is 3.25. The molecule has 5 nitrogen and oxygen atoms in total. The molecule has 0 radical (unpaired) electrons. The Morgan fingerprint density at radius 1 is 0.707 bits per heavy atom. The lowest BCUT2D eigenvalue weighted by Crippen LogP contribution is -2.68. The summed E-state index contributed by atoms with van der Waals surface area (Å²) in [7, 11) is 2.31. The molecule has 0 aliphatic carbocycles. The lowest BCUT2D eigenvalue weighted by Gasteiger charge is -2.55. The van der Waals surface area contributed by atoms with Crippen LogP contribution in [-0.2, 0) is 10.8 Å². The summed E-state index contributed by atoms with van der Waals surface area (Å²) in [5, 5.41) is 0. The van der Waals surface area contributed by atoms with Gasteiger partial charge in [-0.25, -0.2) is 4.98 Å². The van der Waals surface area contributed by atoms with Gasteiger partial charge in [-0.2, -0.15) is 0 Å². The highest BCUT2D eigenvalue weighted by atomic mass is 16.5. The molecular formula is C36H42N3O2+. The van der Waals surface area contributed by atoms with Gasteiger partial charge in [0.05, 0.1) is 13.7 Å². The first-order valence-corrected chi connectivity index (χ1v) is 14.5. The fourth-order valence-electron chi connectivity index (χ4n) is 6.05. The van der Waals surface area contributed by atoms with E-state index in [4.69, 9.17) is 9.47 Å². The summed E-state index contributed by atoms with van der Waals surface area (Å²) in [4.78, 5) is 4.43. The first kappa shape index (κ1) is 27.5. The van der Waals surface area contributed by atoms with Crippen LogP contribution in [0.2, 0.25) is 0 Å². The van der Waals surface area contributed by atoms with Crippen molar-refractivity contribution in [3.8, 4) is 23.1 Å². The van der Waals surface area contributed by atoms with E-state index in [9.17, 15) is 0 Å². The number of nitrogens with zero attached hydrogens (tertiary/aromatic N) is 3. The number of aromatic nitrogens is 1. The predicted octanol–water partition coefficient (Wildman–Crippen LogP) is 9.56. The molecular weight excluding hydrogens is 506 g/mol. The van der Waals surface area contributed by atoms with Crippen LogP contribution in [0.15, 0.2) is 72.9 Å². The van der Waals surface area contributed by atoms with Gasteiger partial charge in [0.1, 0.15) is 22.9 Å². The third-order valence-corrected chi connectivity index (χ3v) is 8.62. The van der Waals surface area contributed by atoms with E-state index in [2.05, 4.69) is 104 Å². The number of pyridine rings is 1. The van der Waals surface area contributed by atoms with Gasteiger partial charge in [-0.1, -0.05) is 47.6 Å². The van der Waals surface area contributed by atoms with E-state index in [0.717, 1.165) is 27.1 Å². The Morgan fingerprint density at radius 2 is 1.34 bits per heavy atom. The highest BCUT2D eigenvalue weighted by Gasteiger charge is 2.59. The van der Waals surface area contributed by atoms with E-state index < -0.39 is 0 Å². The van der Waals surface area contributed by atoms with Gasteiger partial charge in [-0.05, 0) is 71.2 Å². The number of benzene rings is 3.